The number of rotatable bonds is 8. The van der Waals surface area contributed by atoms with Gasteiger partial charge in [-0.25, -0.2) is 0 Å². The molecule has 0 amide bonds. The topological polar surface area (TPSA) is 0 Å². The first-order valence-electron chi connectivity index (χ1n) is 16.3. The molecule has 0 spiro atoms. The standard InChI is InChI=1S/C32H26Si.2C4H9.Hf/c1-23-21-25-13-9-11-19-29(25)31(23)33(27-15-5-3-6-16-27,28-17-7-4-8-18-28)32-24(2)22-26-14-10-12-20-30(26)32;2*1-3-4-2;/h3-22H,1-2H3;2*1,3-4H2,2H3;. The summed E-state index contributed by atoms with van der Waals surface area (Å²) < 4.78 is 4.33. The van der Waals surface area contributed by atoms with Crippen LogP contribution in [0.5, 0.6) is 0 Å². The van der Waals surface area contributed by atoms with Gasteiger partial charge in [-0.2, -0.15) is 0 Å². The number of unbranched alkanes of at least 4 members (excludes halogenated alkanes) is 2. The second-order valence-electron chi connectivity index (χ2n) is 13.1. The summed E-state index contributed by atoms with van der Waals surface area (Å²) in [5, 5.41) is 6.53. The van der Waals surface area contributed by atoms with Crippen LogP contribution >= 0.6 is 0 Å². The number of allylic oxidation sites excluding steroid dienone is 2. The van der Waals surface area contributed by atoms with Gasteiger partial charge in [-0.05, 0) is 0 Å². The van der Waals surface area contributed by atoms with Crippen molar-refractivity contribution in [3.05, 3.63) is 143 Å². The fourth-order valence-corrected chi connectivity index (χ4v) is 43.6. The summed E-state index contributed by atoms with van der Waals surface area (Å²) in [5.41, 5.74) is 10.1. The molecule has 0 saturated carbocycles. The summed E-state index contributed by atoms with van der Waals surface area (Å²) in [7, 11) is -2.65. The Kier molecular flexibility index (Phi) is 7.51. The van der Waals surface area contributed by atoms with Gasteiger partial charge >= 0.3 is 260 Å². The van der Waals surface area contributed by atoms with Crippen molar-refractivity contribution in [1.29, 1.82) is 0 Å². The van der Waals surface area contributed by atoms with Crippen LogP contribution in [0.1, 0.15) is 83.0 Å². The van der Waals surface area contributed by atoms with E-state index in [1.54, 1.807) is 43.8 Å². The molecule has 2 heteroatoms. The zero-order valence-electron chi connectivity index (χ0n) is 25.8. The Morgan fingerprint density at radius 1 is 0.524 bits per heavy atom. The molecule has 1 aliphatic heterocycles. The summed E-state index contributed by atoms with van der Waals surface area (Å²) >= 11 is -3.25. The number of benzene rings is 4. The normalized spacial score (nSPS) is 21.1. The molecule has 2 atom stereocenters. The van der Waals surface area contributed by atoms with E-state index in [1.807, 2.05) is 0 Å². The summed E-state index contributed by atoms with van der Waals surface area (Å²) in [5.74, 6) is 0. The van der Waals surface area contributed by atoms with E-state index in [-0.39, 0.29) is 0 Å². The van der Waals surface area contributed by atoms with Gasteiger partial charge in [0, 0.05) is 0 Å². The van der Waals surface area contributed by atoms with E-state index in [2.05, 4.69) is 137 Å². The van der Waals surface area contributed by atoms with Crippen molar-refractivity contribution in [2.24, 2.45) is 0 Å². The molecule has 3 aliphatic rings. The Morgan fingerprint density at radius 3 is 1.31 bits per heavy atom. The summed E-state index contributed by atoms with van der Waals surface area (Å²) in [6.45, 7) is 10.0. The molecule has 4 aromatic carbocycles. The Bertz CT molecular complexity index is 1550. The van der Waals surface area contributed by atoms with Crippen LogP contribution in [-0.4, -0.2) is 8.07 Å². The third-order valence-electron chi connectivity index (χ3n) is 11.0. The zero-order chi connectivity index (χ0) is 28.9. The number of hydrogen-bond donors (Lipinski definition) is 0. The third-order valence-corrected chi connectivity index (χ3v) is 39.1. The molecule has 4 aromatic rings. The minimum absolute atomic E-state index is 0.661. The second kappa shape index (κ2) is 11.2. The summed E-state index contributed by atoms with van der Waals surface area (Å²) in [4.78, 5) is 0. The van der Waals surface area contributed by atoms with Crippen LogP contribution in [0, 0.1) is 0 Å². The van der Waals surface area contributed by atoms with Gasteiger partial charge in [0.25, 0.3) is 0 Å². The second-order valence-corrected chi connectivity index (χ2v) is 33.3. The molecule has 0 nitrogen and oxygen atoms in total. The molecule has 1 heterocycles. The zero-order valence-corrected chi connectivity index (χ0v) is 30.4. The molecular formula is C40H44HfSi. The molecule has 0 aromatic heterocycles. The molecule has 4 bridgehead atoms. The van der Waals surface area contributed by atoms with Gasteiger partial charge in [0.15, 0.2) is 0 Å². The molecule has 2 aliphatic carbocycles. The molecule has 2 unspecified atom stereocenters. The van der Waals surface area contributed by atoms with E-state index in [4.69, 9.17) is 0 Å². The van der Waals surface area contributed by atoms with Crippen molar-refractivity contribution in [3.8, 4) is 0 Å². The maximum atomic E-state index is 2.60. The monoisotopic (exact) mass is 732 g/mol. The molecule has 42 heavy (non-hydrogen) atoms. The van der Waals surface area contributed by atoms with Gasteiger partial charge in [0.05, 0.1) is 0 Å². The van der Waals surface area contributed by atoms with Crippen molar-refractivity contribution < 1.29 is 20.0 Å². The third kappa shape index (κ3) is 3.87. The number of fused-ring (bicyclic) bond motifs is 8. The molecule has 0 radical (unpaired) electrons. The number of hydrogen-bond acceptors (Lipinski definition) is 0. The van der Waals surface area contributed by atoms with Crippen molar-refractivity contribution in [3.63, 3.8) is 0 Å². The van der Waals surface area contributed by atoms with E-state index in [0.717, 1.165) is 0 Å². The quantitative estimate of drug-likeness (QED) is 0.158. The molecule has 0 saturated heterocycles. The van der Waals surface area contributed by atoms with Crippen LogP contribution in [0.3, 0.4) is 0 Å². The summed E-state index contributed by atoms with van der Waals surface area (Å²) in [6, 6.07) is 43.0. The first-order chi connectivity index (χ1) is 20.6. The SMILES string of the molecule is CCC[CH2][Hf]1([CH2]CCC)[CH]2C(C)=C(c3ccccc32)[Si](c2ccccc2)(c2ccccc2)C2=C(C)[CH]1c1ccccc12. The maximum absolute atomic E-state index is 3.25. The van der Waals surface area contributed by atoms with Crippen molar-refractivity contribution in [2.75, 3.05) is 0 Å². The van der Waals surface area contributed by atoms with Crippen molar-refractivity contribution in [2.45, 2.75) is 69.1 Å². The van der Waals surface area contributed by atoms with Crippen LogP contribution in [0.4, 0.5) is 0 Å². The van der Waals surface area contributed by atoms with E-state index < -0.39 is 28.0 Å². The van der Waals surface area contributed by atoms with Crippen molar-refractivity contribution in [1.82, 2.24) is 0 Å². The van der Waals surface area contributed by atoms with Gasteiger partial charge in [-0.15, -0.1) is 0 Å². The van der Waals surface area contributed by atoms with E-state index in [9.17, 15) is 0 Å². The Hall–Kier alpha value is -2.55. The fraction of sp³-hybridized carbons (Fsp3) is 0.300. The average molecular weight is 731 g/mol. The van der Waals surface area contributed by atoms with E-state index in [0.29, 0.717) is 7.35 Å². The average Bonchev–Trinajstić information content (AvgIpc) is 3.52. The van der Waals surface area contributed by atoms with Crippen LogP contribution in [0.2, 0.25) is 8.35 Å². The molecular weight excluding hydrogens is 687 g/mol. The predicted molar refractivity (Wildman–Crippen MR) is 181 cm³/mol. The Balaban J connectivity index is 1.71. The van der Waals surface area contributed by atoms with Crippen LogP contribution in [0.15, 0.2) is 120 Å². The van der Waals surface area contributed by atoms with E-state index >= 15 is 0 Å². The molecule has 0 fully saturated rings. The van der Waals surface area contributed by atoms with Gasteiger partial charge in [0.1, 0.15) is 0 Å². The Morgan fingerprint density at radius 2 is 0.905 bits per heavy atom. The van der Waals surface area contributed by atoms with Gasteiger partial charge in [0.2, 0.25) is 0 Å². The van der Waals surface area contributed by atoms with Gasteiger partial charge in [-0.3, -0.25) is 0 Å². The predicted octanol–water partition coefficient (Wildman–Crippen LogP) is 9.99. The Labute approximate surface area is 258 Å². The molecule has 7 rings (SSSR count). The fourth-order valence-electron chi connectivity index (χ4n) is 9.74. The summed E-state index contributed by atoms with van der Waals surface area (Å²) in [6.07, 6.45) is 5.37. The van der Waals surface area contributed by atoms with Gasteiger partial charge < -0.3 is 0 Å². The molecule has 212 valence electrons. The van der Waals surface area contributed by atoms with Crippen LogP contribution in [-0.2, 0) is 20.0 Å². The first-order valence-corrected chi connectivity index (χ1v) is 27.6. The minimum atomic E-state index is -3.25. The van der Waals surface area contributed by atoms with E-state index in [1.165, 1.54) is 44.4 Å². The molecule has 0 N–H and O–H groups in total. The van der Waals surface area contributed by atoms with Gasteiger partial charge in [-0.1, -0.05) is 0 Å². The van der Waals surface area contributed by atoms with Crippen LogP contribution in [0.25, 0.3) is 10.4 Å². The van der Waals surface area contributed by atoms with Crippen molar-refractivity contribution >= 4 is 28.8 Å². The first kappa shape index (κ1) is 28.2. The van der Waals surface area contributed by atoms with Crippen LogP contribution < -0.4 is 10.4 Å².